The summed E-state index contributed by atoms with van der Waals surface area (Å²) in [6, 6.07) is 6.23. The summed E-state index contributed by atoms with van der Waals surface area (Å²) in [6.07, 6.45) is 8.96. The molecule has 0 aliphatic heterocycles. The number of rotatable bonds is 4. The van der Waals surface area contributed by atoms with E-state index in [4.69, 9.17) is 0 Å². The maximum absolute atomic E-state index is 4.60. The van der Waals surface area contributed by atoms with Crippen molar-refractivity contribution in [2.45, 2.75) is 47.5 Å². The predicted octanol–water partition coefficient (Wildman–Crippen LogP) is 5.50. The summed E-state index contributed by atoms with van der Waals surface area (Å²) < 4.78 is 0. The van der Waals surface area contributed by atoms with Crippen LogP contribution in [0.25, 0.3) is 5.57 Å². The normalized spacial score (nSPS) is 22.2. The third-order valence-corrected chi connectivity index (χ3v) is 5.27. The Morgan fingerprint density at radius 2 is 2.10 bits per heavy atom. The van der Waals surface area contributed by atoms with E-state index >= 15 is 0 Å². The molecule has 2 rings (SSSR count). The van der Waals surface area contributed by atoms with E-state index in [1.54, 1.807) is 0 Å². The Morgan fingerprint density at radius 1 is 1.35 bits per heavy atom. The molecule has 0 N–H and O–H groups in total. The monoisotopic (exact) mass is 269 g/mol. The zero-order valence-corrected chi connectivity index (χ0v) is 13.5. The van der Waals surface area contributed by atoms with Gasteiger partial charge in [0.2, 0.25) is 0 Å². The van der Waals surface area contributed by atoms with Crippen LogP contribution in [0.15, 0.2) is 42.1 Å². The molecule has 0 radical (unpaired) electrons. The van der Waals surface area contributed by atoms with Crippen molar-refractivity contribution in [1.82, 2.24) is 4.98 Å². The van der Waals surface area contributed by atoms with Gasteiger partial charge in [0, 0.05) is 6.20 Å². The average Bonchev–Trinajstić information content (AvgIpc) is 2.47. The van der Waals surface area contributed by atoms with E-state index in [0.29, 0.717) is 17.3 Å². The molecule has 1 aromatic rings. The summed E-state index contributed by atoms with van der Waals surface area (Å²) in [4.78, 5) is 4.60. The van der Waals surface area contributed by atoms with Crippen molar-refractivity contribution in [2.24, 2.45) is 17.3 Å². The molecule has 0 bridgehead atoms. The first-order valence-electron chi connectivity index (χ1n) is 7.78. The molecular formula is C19H27N. The second-order valence-corrected chi connectivity index (χ2v) is 6.57. The maximum Gasteiger partial charge on any atom is 0.0664 e. The van der Waals surface area contributed by atoms with Gasteiger partial charge in [-0.1, -0.05) is 51.5 Å². The number of aromatic nitrogens is 1. The summed E-state index contributed by atoms with van der Waals surface area (Å²) in [5.41, 5.74) is 4.25. The lowest BCUT2D eigenvalue weighted by molar-refractivity contribution is 0.144. The van der Waals surface area contributed by atoms with Crippen molar-refractivity contribution >= 4 is 5.57 Å². The lowest BCUT2D eigenvalue weighted by Crippen LogP contribution is -2.34. The van der Waals surface area contributed by atoms with Gasteiger partial charge in [-0.2, -0.15) is 0 Å². The Balaban J connectivity index is 2.46. The quantitative estimate of drug-likeness (QED) is 0.703. The molecule has 2 unspecified atom stereocenters. The van der Waals surface area contributed by atoms with Crippen molar-refractivity contribution in [3.05, 3.63) is 47.8 Å². The molecule has 0 saturated heterocycles. The second-order valence-electron chi connectivity index (χ2n) is 6.57. The molecule has 1 aromatic heterocycles. The van der Waals surface area contributed by atoms with Crippen LogP contribution in [0.5, 0.6) is 0 Å². The minimum atomic E-state index is 0.320. The first-order chi connectivity index (χ1) is 9.49. The molecule has 0 amide bonds. The molecule has 0 saturated carbocycles. The molecule has 1 nitrogen and oxygen atoms in total. The lowest BCUT2D eigenvalue weighted by Gasteiger charge is -2.43. The summed E-state index contributed by atoms with van der Waals surface area (Å²) in [5, 5.41) is 0. The SMILES string of the molecule is CCC(C)(C(C)C)C1CC=C(C)C=C1c1ccccn1. The fraction of sp³-hybridized carbons (Fsp3) is 0.526. The van der Waals surface area contributed by atoms with Gasteiger partial charge in [-0.05, 0) is 54.7 Å². The van der Waals surface area contributed by atoms with Crippen LogP contribution in [0.2, 0.25) is 0 Å². The largest absolute Gasteiger partial charge is 0.257 e. The van der Waals surface area contributed by atoms with E-state index in [0.717, 1.165) is 12.1 Å². The van der Waals surface area contributed by atoms with Gasteiger partial charge in [0.1, 0.15) is 0 Å². The van der Waals surface area contributed by atoms with Gasteiger partial charge in [0.25, 0.3) is 0 Å². The zero-order valence-electron chi connectivity index (χ0n) is 13.5. The van der Waals surface area contributed by atoms with E-state index in [2.05, 4.69) is 63.9 Å². The maximum atomic E-state index is 4.60. The Bertz CT molecular complexity index is 510. The van der Waals surface area contributed by atoms with Gasteiger partial charge < -0.3 is 0 Å². The van der Waals surface area contributed by atoms with Gasteiger partial charge in [0.15, 0.2) is 0 Å². The van der Waals surface area contributed by atoms with E-state index in [-0.39, 0.29) is 0 Å². The van der Waals surface area contributed by atoms with Crippen LogP contribution in [0.4, 0.5) is 0 Å². The molecule has 1 heterocycles. The Morgan fingerprint density at radius 3 is 2.65 bits per heavy atom. The van der Waals surface area contributed by atoms with Crippen molar-refractivity contribution in [2.75, 3.05) is 0 Å². The smallest absolute Gasteiger partial charge is 0.0664 e. The molecule has 108 valence electrons. The van der Waals surface area contributed by atoms with Gasteiger partial charge in [-0.15, -0.1) is 0 Å². The molecule has 20 heavy (non-hydrogen) atoms. The minimum Gasteiger partial charge on any atom is -0.257 e. The number of pyridine rings is 1. The molecule has 2 atom stereocenters. The molecule has 1 aliphatic rings. The Hall–Kier alpha value is -1.37. The highest BCUT2D eigenvalue weighted by molar-refractivity contribution is 5.69. The zero-order chi connectivity index (χ0) is 14.8. The van der Waals surface area contributed by atoms with Gasteiger partial charge >= 0.3 is 0 Å². The number of allylic oxidation sites excluding steroid dienone is 4. The first kappa shape index (κ1) is 15.0. The van der Waals surface area contributed by atoms with Crippen LogP contribution in [-0.2, 0) is 0 Å². The first-order valence-corrected chi connectivity index (χ1v) is 7.78. The Kier molecular flexibility index (Phi) is 4.47. The highest BCUT2D eigenvalue weighted by Crippen LogP contribution is 2.48. The summed E-state index contributed by atoms with van der Waals surface area (Å²) >= 11 is 0. The number of hydrogen-bond donors (Lipinski definition) is 0. The van der Waals surface area contributed by atoms with Gasteiger partial charge in [-0.3, -0.25) is 4.98 Å². The second kappa shape index (κ2) is 5.95. The Labute approximate surface area is 123 Å². The molecule has 0 spiro atoms. The predicted molar refractivity (Wildman–Crippen MR) is 87.3 cm³/mol. The van der Waals surface area contributed by atoms with Crippen molar-refractivity contribution < 1.29 is 0 Å². The standard InChI is InChI=1S/C19H27N/c1-6-19(5,14(2)3)17-11-10-15(4)13-16(17)18-9-7-8-12-20-18/h7-10,12-14,17H,6,11H2,1-5H3. The van der Waals surface area contributed by atoms with Crippen LogP contribution in [-0.4, -0.2) is 4.98 Å². The average molecular weight is 269 g/mol. The van der Waals surface area contributed by atoms with Crippen LogP contribution in [0.1, 0.15) is 53.2 Å². The summed E-state index contributed by atoms with van der Waals surface area (Å²) in [5.74, 6) is 1.22. The van der Waals surface area contributed by atoms with Crippen LogP contribution in [0.3, 0.4) is 0 Å². The summed E-state index contributed by atoms with van der Waals surface area (Å²) in [7, 11) is 0. The van der Waals surface area contributed by atoms with E-state index in [1.165, 1.54) is 17.6 Å². The van der Waals surface area contributed by atoms with Gasteiger partial charge in [0.05, 0.1) is 5.69 Å². The number of hydrogen-bond acceptors (Lipinski definition) is 1. The van der Waals surface area contributed by atoms with Crippen molar-refractivity contribution in [3.8, 4) is 0 Å². The topological polar surface area (TPSA) is 12.9 Å². The van der Waals surface area contributed by atoms with Crippen LogP contribution < -0.4 is 0 Å². The summed E-state index contributed by atoms with van der Waals surface area (Å²) in [6.45, 7) is 11.7. The highest BCUT2D eigenvalue weighted by Gasteiger charge is 2.38. The molecule has 1 heteroatoms. The number of nitrogens with zero attached hydrogens (tertiary/aromatic N) is 1. The van der Waals surface area contributed by atoms with Gasteiger partial charge in [-0.25, -0.2) is 0 Å². The fourth-order valence-electron chi connectivity index (χ4n) is 3.30. The molecular weight excluding hydrogens is 242 g/mol. The van der Waals surface area contributed by atoms with E-state index < -0.39 is 0 Å². The fourth-order valence-corrected chi connectivity index (χ4v) is 3.30. The molecule has 1 aliphatic carbocycles. The van der Waals surface area contributed by atoms with Crippen LogP contribution >= 0.6 is 0 Å². The van der Waals surface area contributed by atoms with Crippen LogP contribution in [0, 0.1) is 17.3 Å². The van der Waals surface area contributed by atoms with Crippen molar-refractivity contribution in [1.29, 1.82) is 0 Å². The molecule has 0 aromatic carbocycles. The van der Waals surface area contributed by atoms with Crippen molar-refractivity contribution in [3.63, 3.8) is 0 Å². The van der Waals surface area contributed by atoms with E-state index in [1.807, 2.05) is 12.3 Å². The minimum absolute atomic E-state index is 0.320. The molecule has 0 fully saturated rings. The third kappa shape index (κ3) is 2.72. The third-order valence-electron chi connectivity index (χ3n) is 5.27. The highest BCUT2D eigenvalue weighted by atomic mass is 14.7. The lowest BCUT2D eigenvalue weighted by atomic mass is 9.62. The van der Waals surface area contributed by atoms with E-state index in [9.17, 15) is 0 Å².